The fourth-order valence-corrected chi connectivity index (χ4v) is 5.18. The number of aromatic nitrogens is 3. The van der Waals surface area contributed by atoms with Gasteiger partial charge in [0.15, 0.2) is 0 Å². The second kappa shape index (κ2) is 6.59. The fourth-order valence-electron chi connectivity index (χ4n) is 5.18. The summed E-state index contributed by atoms with van der Waals surface area (Å²) in [5.74, 6) is 1.75. The Morgan fingerprint density at radius 1 is 1.03 bits per heavy atom. The Morgan fingerprint density at radius 2 is 1.86 bits per heavy atom. The van der Waals surface area contributed by atoms with Crippen molar-refractivity contribution in [1.29, 1.82) is 0 Å². The summed E-state index contributed by atoms with van der Waals surface area (Å²) in [7, 11) is 2.18. The lowest BCUT2D eigenvalue weighted by molar-refractivity contribution is 0.289. The van der Waals surface area contributed by atoms with Gasteiger partial charge in [-0.25, -0.2) is 0 Å². The Bertz CT molecular complexity index is 1040. The van der Waals surface area contributed by atoms with Crippen molar-refractivity contribution in [2.24, 2.45) is 0 Å². The number of pyridine rings is 1. The van der Waals surface area contributed by atoms with Gasteiger partial charge in [0.2, 0.25) is 5.88 Å². The summed E-state index contributed by atoms with van der Waals surface area (Å²) in [6.07, 6.45) is 8.78. The summed E-state index contributed by atoms with van der Waals surface area (Å²) in [5.41, 5.74) is 5.71. The van der Waals surface area contributed by atoms with Gasteiger partial charge in [0.05, 0.1) is 6.20 Å². The third-order valence-electron chi connectivity index (χ3n) is 6.79. The summed E-state index contributed by atoms with van der Waals surface area (Å²) in [4.78, 5) is 7.25. The molecule has 2 bridgehead atoms. The highest BCUT2D eigenvalue weighted by molar-refractivity contribution is 5.78. The number of hydrogen-bond donors (Lipinski definition) is 2. The van der Waals surface area contributed by atoms with Crippen LogP contribution in [0.1, 0.15) is 31.2 Å². The average molecular weight is 387 g/mol. The predicted molar refractivity (Wildman–Crippen MR) is 113 cm³/mol. The van der Waals surface area contributed by atoms with E-state index < -0.39 is 0 Å². The number of anilines is 1. The van der Waals surface area contributed by atoms with E-state index in [9.17, 15) is 0 Å². The van der Waals surface area contributed by atoms with Crippen molar-refractivity contribution in [3.8, 4) is 28.1 Å². The molecule has 3 aromatic rings. The van der Waals surface area contributed by atoms with Crippen LogP contribution in [0.15, 0.2) is 42.7 Å². The molecular formula is C23H25N5O. The third kappa shape index (κ3) is 2.90. The number of ether oxygens (including phenoxy) is 1. The van der Waals surface area contributed by atoms with Crippen LogP contribution in [0, 0.1) is 0 Å². The van der Waals surface area contributed by atoms with E-state index in [1.54, 1.807) is 0 Å². The molecule has 6 nitrogen and oxygen atoms in total. The van der Waals surface area contributed by atoms with Crippen molar-refractivity contribution < 1.29 is 4.74 Å². The van der Waals surface area contributed by atoms with Gasteiger partial charge in [0.1, 0.15) is 12.4 Å². The van der Waals surface area contributed by atoms with Crippen molar-refractivity contribution in [2.75, 3.05) is 11.9 Å². The molecule has 0 radical (unpaired) electrons. The van der Waals surface area contributed by atoms with E-state index in [2.05, 4.69) is 57.8 Å². The summed E-state index contributed by atoms with van der Waals surface area (Å²) in [6.45, 7) is 0.547. The van der Waals surface area contributed by atoms with Crippen molar-refractivity contribution in [3.05, 3.63) is 48.3 Å². The molecule has 0 amide bonds. The quantitative estimate of drug-likeness (QED) is 0.717. The number of nitrogens with one attached hydrogen (secondary N) is 2. The molecule has 2 fully saturated rings. The number of nitrogens with zero attached hydrogens (tertiary/aromatic N) is 3. The zero-order valence-corrected chi connectivity index (χ0v) is 16.6. The highest BCUT2D eigenvalue weighted by Gasteiger charge is 2.35. The first-order chi connectivity index (χ1) is 14.2. The minimum Gasteiger partial charge on any atom is -0.472 e. The van der Waals surface area contributed by atoms with E-state index >= 15 is 0 Å². The van der Waals surface area contributed by atoms with E-state index in [0.29, 0.717) is 24.7 Å². The summed E-state index contributed by atoms with van der Waals surface area (Å²) < 4.78 is 6.08. The van der Waals surface area contributed by atoms with Crippen LogP contribution in [0.25, 0.3) is 22.3 Å². The maximum Gasteiger partial charge on any atom is 0.223 e. The largest absolute Gasteiger partial charge is 0.472 e. The van der Waals surface area contributed by atoms with E-state index in [4.69, 9.17) is 9.72 Å². The SMILES string of the molecule is CN(c1ccc2c(n1)OCc1cc(-c3cn[nH]c3)ccc1-2)C1CC2CCC(C1)N2. The molecule has 2 saturated heterocycles. The highest BCUT2D eigenvalue weighted by atomic mass is 16.5. The maximum atomic E-state index is 6.08. The molecule has 2 unspecified atom stereocenters. The monoisotopic (exact) mass is 387 g/mol. The van der Waals surface area contributed by atoms with Crippen LogP contribution >= 0.6 is 0 Å². The zero-order valence-electron chi connectivity index (χ0n) is 16.6. The van der Waals surface area contributed by atoms with Gasteiger partial charge in [0.25, 0.3) is 0 Å². The molecular weight excluding hydrogens is 362 g/mol. The molecule has 2 atom stereocenters. The van der Waals surface area contributed by atoms with Gasteiger partial charge in [-0.3, -0.25) is 5.10 Å². The molecule has 0 aliphatic carbocycles. The van der Waals surface area contributed by atoms with Crippen LogP contribution in [0.2, 0.25) is 0 Å². The van der Waals surface area contributed by atoms with Crippen LogP contribution < -0.4 is 15.0 Å². The van der Waals surface area contributed by atoms with Gasteiger partial charge < -0.3 is 15.0 Å². The van der Waals surface area contributed by atoms with Gasteiger partial charge in [0, 0.05) is 42.5 Å². The second-order valence-corrected chi connectivity index (χ2v) is 8.54. The van der Waals surface area contributed by atoms with Gasteiger partial charge in [-0.15, -0.1) is 0 Å². The van der Waals surface area contributed by atoms with E-state index in [-0.39, 0.29) is 0 Å². The maximum absolute atomic E-state index is 6.08. The van der Waals surface area contributed by atoms with Crippen LogP contribution in [0.4, 0.5) is 5.82 Å². The van der Waals surface area contributed by atoms with Gasteiger partial charge in [-0.05, 0) is 60.6 Å². The standard InChI is InChI=1S/C23H25N5O/c1-28(19-9-17-3-4-18(10-19)26-17)22-7-6-21-20-5-2-14(16-11-24-25-12-16)8-15(20)13-29-23(21)27-22/h2,5-8,11-12,17-19,26H,3-4,9-10,13H2,1H3,(H,24,25). The summed E-state index contributed by atoms with van der Waals surface area (Å²) >= 11 is 0. The normalized spacial score (nSPS) is 24.5. The zero-order chi connectivity index (χ0) is 19.4. The minimum absolute atomic E-state index is 0.547. The Labute approximate surface area is 170 Å². The molecule has 1 aromatic carbocycles. The number of rotatable bonds is 3. The first-order valence-electron chi connectivity index (χ1n) is 10.5. The fraction of sp³-hybridized carbons (Fsp3) is 0.391. The lowest BCUT2D eigenvalue weighted by Gasteiger charge is -2.36. The first kappa shape index (κ1) is 17.0. The Hall–Kier alpha value is -2.86. The van der Waals surface area contributed by atoms with Crippen LogP contribution in [0.5, 0.6) is 5.88 Å². The molecule has 3 aliphatic heterocycles. The number of fused-ring (bicyclic) bond motifs is 5. The molecule has 2 aromatic heterocycles. The van der Waals surface area contributed by atoms with Crippen LogP contribution in [-0.4, -0.2) is 40.4 Å². The number of H-pyrrole nitrogens is 1. The van der Waals surface area contributed by atoms with Gasteiger partial charge in [-0.2, -0.15) is 10.1 Å². The smallest absolute Gasteiger partial charge is 0.223 e. The van der Waals surface area contributed by atoms with Gasteiger partial charge >= 0.3 is 0 Å². The number of piperidine rings is 1. The molecule has 6 heteroatoms. The molecule has 0 spiro atoms. The predicted octanol–water partition coefficient (Wildman–Crippen LogP) is 3.75. The second-order valence-electron chi connectivity index (χ2n) is 8.54. The molecule has 3 aliphatic rings. The number of benzene rings is 1. The lowest BCUT2D eigenvalue weighted by Crippen LogP contribution is -2.47. The first-order valence-corrected chi connectivity index (χ1v) is 10.5. The Morgan fingerprint density at radius 3 is 2.66 bits per heavy atom. The van der Waals surface area contributed by atoms with Crippen LogP contribution in [-0.2, 0) is 6.61 Å². The van der Waals surface area contributed by atoms with Crippen molar-refractivity contribution in [1.82, 2.24) is 20.5 Å². The van der Waals surface area contributed by atoms with Crippen LogP contribution in [0.3, 0.4) is 0 Å². The molecule has 6 rings (SSSR count). The average Bonchev–Trinajstić information content (AvgIpc) is 3.42. The Kier molecular flexibility index (Phi) is 3.87. The molecule has 29 heavy (non-hydrogen) atoms. The number of aromatic amines is 1. The van der Waals surface area contributed by atoms with E-state index in [1.807, 2.05) is 12.4 Å². The topological polar surface area (TPSA) is 66.1 Å². The molecule has 148 valence electrons. The number of hydrogen-bond acceptors (Lipinski definition) is 5. The summed E-state index contributed by atoms with van der Waals surface area (Å²) in [5, 5.41) is 10.7. The Balaban J connectivity index is 1.29. The van der Waals surface area contributed by atoms with E-state index in [0.717, 1.165) is 28.4 Å². The third-order valence-corrected chi connectivity index (χ3v) is 6.79. The summed E-state index contributed by atoms with van der Waals surface area (Å²) in [6, 6.07) is 12.7. The lowest BCUT2D eigenvalue weighted by atomic mass is 9.95. The van der Waals surface area contributed by atoms with Crippen molar-refractivity contribution in [2.45, 2.75) is 50.4 Å². The van der Waals surface area contributed by atoms with Gasteiger partial charge in [-0.1, -0.05) is 12.1 Å². The molecule has 5 heterocycles. The molecule has 2 N–H and O–H groups in total. The highest BCUT2D eigenvalue weighted by Crippen LogP contribution is 2.40. The van der Waals surface area contributed by atoms with Crippen molar-refractivity contribution >= 4 is 5.82 Å². The minimum atomic E-state index is 0.547. The van der Waals surface area contributed by atoms with E-state index in [1.165, 1.54) is 36.8 Å². The van der Waals surface area contributed by atoms with Crippen molar-refractivity contribution in [3.63, 3.8) is 0 Å². The molecule has 0 saturated carbocycles.